The first kappa shape index (κ1) is 19.8. The molecule has 2 aliphatic rings. The van der Waals surface area contributed by atoms with E-state index in [9.17, 15) is 9.90 Å². The zero-order chi connectivity index (χ0) is 21.4. The van der Waals surface area contributed by atoms with E-state index in [1.54, 1.807) is 29.5 Å². The zero-order valence-electron chi connectivity index (χ0n) is 17.2. The molecular formula is C24H23N3O3S. The molecule has 0 bridgehead atoms. The summed E-state index contributed by atoms with van der Waals surface area (Å²) in [5.74, 6) is 1.81. The number of hydrogen-bond donors (Lipinski definition) is 1. The number of benzene rings is 1. The summed E-state index contributed by atoms with van der Waals surface area (Å²) in [6, 6.07) is 11.2. The number of pyridine rings is 1. The number of aromatic hydroxyl groups is 1. The molecule has 5 rings (SSSR count). The second-order valence-electron chi connectivity index (χ2n) is 7.80. The number of phenolic OH excluding ortho intramolecular Hbond substituents is 1. The second-order valence-corrected chi connectivity index (χ2v) is 8.75. The number of nitrogens with zero attached hydrogens (tertiary/aromatic N) is 3. The number of thiophene rings is 1. The number of anilines is 1. The molecule has 3 aromatic rings. The van der Waals surface area contributed by atoms with Gasteiger partial charge in [-0.2, -0.15) is 0 Å². The number of hydrogen-bond acceptors (Lipinski definition) is 7. The van der Waals surface area contributed by atoms with Crippen molar-refractivity contribution in [1.82, 2.24) is 9.88 Å². The van der Waals surface area contributed by atoms with Gasteiger partial charge in [0.05, 0.1) is 11.1 Å². The maximum absolute atomic E-state index is 12.9. The van der Waals surface area contributed by atoms with E-state index in [-0.39, 0.29) is 11.5 Å². The van der Waals surface area contributed by atoms with Crippen LogP contribution in [-0.4, -0.2) is 47.0 Å². The van der Waals surface area contributed by atoms with Crippen LogP contribution in [0, 0.1) is 6.92 Å². The summed E-state index contributed by atoms with van der Waals surface area (Å²) in [6.07, 6.45) is 3.61. The Bertz CT molecular complexity index is 1150. The van der Waals surface area contributed by atoms with E-state index in [1.165, 1.54) is 0 Å². The third-order valence-electron chi connectivity index (χ3n) is 5.81. The average molecular weight is 434 g/mol. The van der Waals surface area contributed by atoms with Crippen LogP contribution < -0.4 is 9.64 Å². The van der Waals surface area contributed by atoms with Gasteiger partial charge in [0.2, 0.25) is 5.78 Å². The molecule has 1 aromatic carbocycles. The van der Waals surface area contributed by atoms with Gasteiger partial charge in [0.1, 0.15) is 17.3 Å². The fourth-order valence-electron chi connectivity index (χ4n) is 4.00. The fourth-order valence-corrected chi connectivity index (χ4v) is 4.85. The van der Waals surface area contributed by atoms with E-state index in [4.69, 9.17) is 4.74 Å². The number of aromatic nitrogens is 1. The van der Waals surface area contributed by atoms with E-state index in [0.29, 0.717) is 29.2 Å². The number of rotatable bonds is 4. The van der Waals surface area contributed by atoms with Gasteiger partial charge in [0.25, 0.3) is 0 Å². The SMILES string of the molecule is Cc1ccsc1/C=C1\Oc2c(ccc(O)c2CN2CCN(c3ccccn3)CC2)C1=O. The van der Waals surface area contributed by atoms with Gasteiger partial charge in [-0.15, -0.1) is 11.3 Å². The lowest BCUT2D eigenvalue weighted by Gasteiger charge is -2.35. The molecule has 1 N–H and O–H groups in total. The van der Waals surface area contributed by atoms with Gasteiger partial charge in [0, 0.05) is 49.9 Å². The molecule has 0 amide bonds. The minimum Gasteiger partial charge on any atom is -0.507 e. The highest BCUT2D eigenvalue weighted by atomic mass is 32.1. The molecular weight excluding hydrogens is 410 g/mol. The molecule has 0 spiro atoms. The number of Topliss-reactive ketones (excluding diaryl/α,β-unsaturated/α-hetero) is 1. The van der Waals surface area contributed by atoms with Crippen molar-refractivity contribution in [3.8, 4) is 11.5 Å². The summed E-state index contributed by atoms with van der Waals surface area (Å²) in [6.45, 7) is 5.93. The van der Waals surface area contributed by atoms with Crippen LogP contribution in [0.5, 0.6) is 11.5 Å². The lowest BCUT2D eigenvalue weighted by Crippen LogP contribution is -2.46. The number of carbonyl (C=O) groups is 1. The quantitative estimate of drug-likeness (QED) is 0.625. The van der Waals surface area contributed by atoms with E-state index in [0.717, 1.165) is 42.4 Å². The van der Waals surface area contributed by atoms with Crippen molar-refractivity contribution in [1.29, 1.82) is 0 Å². The summed E-state index contributed by atoms with van der Waals surface area (Å²) in [7, 11) is 0. The van der Waals surface area contributed by atoms with Crippen molar-refractivity contribution in [3.05, 3.63) is 75.3 Å². The third kappa shape index (κ3) is 3.82. The van der Waals surface area contributed by atoms with Gasteiger partial charge in [-0.3, -0.25) is 9.69 Å². The highest BCUT2D eigenvalue weighted by Crippen LogP contribution is 2.40. The maximum atomic E-state index is 12.9. The predicted molar refractivity (Wildman–Crippen MR) is 122 cm³/mol. The number of fused-ring (bicyclic) bond motifs is 1. The molecule has 6 nitrogen and oxygen atoms in total. The Balaban J connectivity index is 1.34. The Kier molecular flexibility index (Phi) is 5.21. The third-order valence-corrected chi connectivity index (χ3v) is 6.77. The molecule has 2 aromatic heterocycles. The van der Waals surface area contributed by atoms with Gasteiger partial charge in [-0.25, -0.2) is 4.98 Å². The van der Waals surface area contributed by atoms with Gasteiger partial charge in [-0.1, -0.05) is 6.07 Å². The second kappa shape index (κ2) is 8.17. The zero-order valence-corrected chi connectivity index (χ0v) is 18.1. The molecule has 2 aliphatic heterocycles. The van der Waals surface area contributed by atoms with Crippen LogP contribution in [0.25, 0.3) is 6.08 Å². The first-order valence-electron chi connectivity index (χ1n) is 10.3. The Morgan fingerprint density at radius 3 is 2.71 bits per heavy atom. The minimum absolute atomic E-state index is 0.135. The molecule has 0 atom stereocenters. The number of piperazine rings is 1. The lowest BCUT2D eigenvalue weighted by molar-refractivity contribution is 0.101. The predicted octanol–water partition coefficient (Wildman–Crippen LogP) is 4.10. The molecule has 0 unspecified atom stereocenters. The minimum atomic E-state index is -0.135. The molecule has 31 heavy (non-hydrogen) atoms. The number of ketones is 1. The highest BCUT2D eigenvalue weighted by Gasteiger charge is 2.32. The summed E-state index contributed by atoms with van der Waals surface area (Å²) >= 11 is 1.58. The van der Waals surface area contributed by atoms with Crippen molar-refractivity contribution in [3.63, 3.8) is 0 Å². The average Bonchev–Trinajstić information content (AvgIpc) is 3.34. The van der Waals surface area contributed by atoms with Crippen molar-refractivity contribution in [2.75, 3.05) is 31.1 Å². The van der Waals surface area contributed by atoms with E-state index in [1.807, 2.05) is 42.8 Å². The number of allylic oxidation sites excluding steroid dienone is 1. The van der Waals surface area contributed by atoms with Crippen LogP contribution in [-0.2, 0) is 6.54 Å². The smallest absolute Gasteiger partial charge is 0.232 e. The van der Waals surface area contributed by atoms with E-state index < -0.39 is 0 Å². The normalized spacial score (nSPS) is 17.8. The Morgan fingerprint density at radius 1 is 1.16 bits per heavy atom. The van der Waals surface area contributed by atoms with Crippen molar-refractivity contribution in [2.24, 2.45) is 0 Å². The number of carbonyl (C=O) groups excluding carboxylic acids is 1. The molecule has 4 heterocycles. The molecule has 158 valence electrons. The molecule has 0 saturated carbocycles. The van der Waals surface area contributed by atoms with Crippen LogP contribution in [0.1, 0.15) is 26.4 Å². The monoisotopic (exact) mass is 433 g/mol. The van der Waals surface area contributed by atoms with Gasteiger partial charge >= 0.3 is 0 Å². The van der Waals surface area contributed by atoms with Crippen LogP contribution in [0.3, 0.4) is 0 Å². The summed E-state index contributed by atoms with van der Waals surface area (Å²) in [5.41, 5.74) is 2.29. The molecule has 7 heteroatoms. The molecule has 0 aliphatic carbocycles. The van der Waals surface area contributed by atoms with Crippen LogP contribution >= 0.6 is 11.3 Å². The fraction of sp³-hybridized carbons (Fsp3) is 0.250. The van der Waals surface area contributed by atoms with Crippen LogP contribution in [0.4, 0.5) is 5.82 Å². The molecule has 0 radical (unpaired) electrons. The van der Waals surface area contributed by atoms with Crippen molar-refractivity contribution in [2.45, 2.75) is 13.5 Å². The number of phenols is 1. The van der Waals surface area contributed by atoms with Gasteiger partial charge in [0.15, 0.2) is 5.76 Å². The highest BCUT2D eigenvalue weighted by molar-refractivity contribution is 7.11. The van der Waals surface area contributed by atoms with Gasteiger partial charge < -0.3 is 14.7 Å². The Morgan fingerprint density at radius 2 is 2.00 bits per heavy atom. The summed E-state index contributed by atoms with van der Waals surface area (Å²) in [5, 5.41) is 12.5. The maximum Gasteiger partial charge on any atom is 0.232 e. The van der Waals surface area contributed by atoms with Crippen LogP contribution in [0.2, 0.25) is 0 Å². The van der Waals surface area contributed by atoms with Crippen LogP contribution in [0.15, 0.2) is 53.7 Å². The van der Waals surface area contributed by atoms with E-state index >= 15 is 0 Å². The summed E-state index contributed by atoms with van der Waals surface area (Å²) in [4.78, 5) is 22.9. The Labute approximate surface area is 185 Å². The molecule has 1 saturated heterocycles. The number of ether oxygens (including phenoxy) is 1. The Hall–Kier alpha value is -3.16. The van der Waals surface area contributed by atoms with Crippen molar-refractivity contribution < 1.29 is 14.6 Å². The largest absolute Gasteiger partial charge is 0.507 e. The van der Waals surface area contributed by atoms with Crippen molar-refractivity contribution >= 4 is 29.0 Å². The first-order chi connectivity index (χ1) is 15.1. The number of aryl methyl sites for hydroxylation is 1. The van der Waals surface area contributed by atoms with E-state index in [2.05, 4.69) is 14.8 Å². The van der Waals surface area contributed by atoms with Gasteiger partial charge in [-0.05, 0) is 48.2 Å². The standard InChI is InChI=1S/C24H23N3O3S/c1-16-7-13-31-21(16)14-20-23(29)17-5-6-19(28)18(24(17)30-20)15-26-9-11-27(12-10-26)22-4-2-3-8-25-22/h2-8,13-14,28H,9-12,15H2,1H3/b20-14-. The molecule has 1 fully saturated rings. The first-order valence-corrected chi connectivity index (χ1v) is 11.2. The summed E-state index contributed by atoms with van der Waals surface area (Å²) < 4.78 is 6.00. The lowest BCUT2D eigenvalue weighted by atomic mass is 10.0. The topological polar surface area (TPSA) is 65.9 Å².